The molecule has 31 heavy (non-hydrogen) atoms. The molecule has 0 radical (unpaired) electrons. The first-order chi connectivity index (χ1) is 14.7. The molecule has 0 bridgehead atoms. The standard InChI is InChI=1S/C23H20F3N3O2/c1-3-28-22(31)21-14(2)29(18-6-4-5-17(11-18)23(24,25)26)20(30)12-19(21)16-9-7-15(13-27)8-10-16/h4-11,19H,3,12H2,1-2H3,(H,28,31). The summed E-state index contributed by atoms with van der Waals surface area (Å²) < 4.78 is 39.5. The van der Waals surface area contributed by atoms with Crippen LogP contribution in [0.2, 0.25) is 0 Å². The van der Waals surface area contributed by atoms with E-state index in [1.165, 1.54) is 17.0 Å². The van der Waals surface area contributed by atoms with Gasteiger partial charge in [-0.3, -0.25) is 14.5 Å². The molecule has 0 aromatic heterocycles. The van der Waals surface area contributed by atoms with Gasteiger partial charge in [-0.05, 0) is 49.7 Å². The molecule has 160 valence electrons. The SMILES string of the molecule is CCNC(=O)C1=C(C)N(c2cccc(C(F)(F)F)c2)C(=O)CC1c1ccc(C#N)cc1. The maximum absolute atomic E-state index is 13.2. The molecular formula is C23H20F3N3O2. The first kappa shape index (κ1) is 22.1. The van der Waals surface area contributed by atoms with Gasteiger partial charge in [0.15, 0.2) is 0 Å². The molecule has 1 atom stereocenters. The minimum absolute atomic E-state index is 0.0531. The maximum Gasteiger partial charge on any atom is 0.416 e. The Labute approximate surface area is 177 Å². The van der Waals surface area contributed by atoms with Gasteiger partial charge in [0.05, 0.1) is 17.2 Å². The van der Waals surface area contributed by atoms with Crippen molar-refractivity contribution in [3.8, 4) is 6.07 Å². The van der Waals surface area contributed by atoms with Gasteiger partial charge < -0.3 is 5.32 Å². The second kappa shape index (κ2) is 8.64. The van der Waals surface area contributed by atoms with E-state index >= 15 is 0 Å². The van der Waals surface area contributed by atoms with Crippen LogP contribution in [0.3, 0.4) is 0 Å². The van der Waals surface area contributed by atoms with E-state index < -0.39 is 23.6 Å². The van der Waals surface area contributed by atoms with Crippen LogP contribution in [0, 0.1) is 11.3 Å². The minimum atomic E-state index is -4.56. The Hall–Kier alpha value is -3.60. The molecule has 0 fully saturated rings. The molecule has 2 aromatic rings. The fraction of sp³-hybridized carbons (Fsp3) is 0.261. The van der Waals surface area contributed by atoms with E-state index in [-0.39, 0.29) is 23.7 Å². The van der Waals surface area contributed by atoms with E-state index in [0.29, 0.717) is 23.2 Å². The number of anilines is 1. The number of nitriles is 1. The Morgan fingerprint density at radius 2 is 1.90 bits per heavy atom. The number of benzene rings is 2. The summed E-state index contributed by atoms with van der Waals surface area (Å²) in [5.41, 5.74) is 0.879. The molecule has 0 saturated carbocycles. The van der Waals surface area contributed by atoms with Gasteiger partial charge in [0, 0.05) is 35.8 Å². The molecule has 0 saturated heterocycles. The Kier molecular flexibility index (Phi) is 6.16. The molecule has 1 heterocycles. The van der Waals surface area contributed by atoms with Crippen LogP contribution in [0.4, 0.5) is 18.9 Å². The Bertz CT molecular complexity index is 1080. The van der Waals surface area contributed by atoms with Crippen molar-refractivity contribution < 1.29 is 22.8 Å². The van der Waals surface area contributed by atoms with Crippen molar-refractivity contribution in [2.75, 3.05) is 11.4 Å². The largest absolute Gasteiger partial charge is 0.416 e. The molecule has 1 aliphatic heterocycles. The second-order valence-corrected chi connectivity index (χ2v) is 7.13. The van der Waals surface area contributed by atoms with Crippen molar-refractivity contribution >= 4 is 17.5 Å². The van der Waals surface area contributed by atoms with Crippen molar-refractivity contribution in [3.05, 3.63) is 76.5 Å². The van der Waals surface area contributed by atoms with Gasteiger partial charge in [-0.2, -0.15) is 18.4 Å². The van der Waals surface area contributed by atoms with Gasteiger partial charge in [0.1, 0.15) is 0 Å². The summed E-state index contributed by atoms with van der Waals surface area (Å²) in [6.45, 7) is 3.66. The molecule has 5 nitrogen and oxygen atoms in total. The van der Waals surface area contributed by atoms with Gasteiger partial charge in [-0.25, -0.2) is 0 Å². The molecule has 2 amide bonds. The van der Waals surface area contributed by atoms with Gasteiger partial charge in [-0.15, -0.1) is 0 Å². The van der Waals surface area contributed by atoms with Crippen molar-refractivity contribution in [2.45, 2.75) is 32.4 Å². The van der Waals surface area contributed by atoms with Crippen LogP contribution in [0.5, 0.6) is 0 Å². The van der Waals surface area contributed by atoms with Crippen molar-refractivity contribution in [3.63, 3.8) is 0 Å². The lowest BCUT2D eigenvalue weighted by Gasteiger charge is -2.35. The van der Waals surface area contributed by atoms with E-state index in [9.17, 15) is 22.8 Å². The summed E-state index contributed by atoms with van der Waals surface area (Å²) in [6, 6.07) is 13.1. The van der Waals surface area contributed by atoms with Crippen LogP contribution in [-0.4, -0.2) is 18.4 Å². The number of carbonyl (C=O) groups excluding carboxylic acids is 2. The van der Waals surface area contributed by atoms with E-state index in [1.54, 1.807) is 38.1 Å². The molecule has 0 spiro atoms. The average Bonchev–Trinajstić information content (AvgIpc) is 2.73. The summed E-state index contributed by atoms with van der Waals surface area (Å²) in [7, 11) is 0. The smallest absolute Gasteiger partial charge is 0.353 e. The molecule has 1 N–H and O–H groups in total. The van der Waals surface area contributed by atoms with E-state index in [1.807, 2.05) is 6.07 Å². The van der Waals surface area contributed by atoms with Crippen molar-refractivity contribution in [1.29, 1.82) is 5.26 Å². The summed E-state index contributed by atoms with van der Waals surface area (Å²) in [6.07, 6.45) is -4.65. The quantitative estimate of drug-likeness (QED) is 0.781. The van der Waals surface area contributed by atoms with E-state index in [0.717, 1.165) is 12.1 Å². The normalized spacial score (nSPS) is 16.8. The Morgan fingerprint density at radius 3 is 2.48 bits per heavy atom. The number of hydrogen-bond donors (Lipinski definition) is 1. The third-order valence-electron chi connectivity index (χ3n) is 5.16. The predicted octanol–water partition coefficient (Wildman–Crippen LogP) is 4.51. The second-order valence-electron chi connectivity index (χ2n) is 7.13. The lowest BCUT2D eigenvalue weighted by atomic mass is 9.82. The first-order valence-corrected chi connectivity index (χ1v) is 9.66. The summed E-state index contributed by atoms with van der Waals surface area (Å²) in [5, 5.41) is 11.7. The van der Waals surface area contributed by atoms with Gasteiger partial charge in [0.25, 0.3) is 0 Å². The van der Waals surface area contributed by atoms with Crippen LogP contribution in [-0.2, 0) is 15.8 Å². The number of allylic oxidation sites excluding steroid dienone is 1. The van der Waals surface area contributed by atoms with Gasteiger partial charge in [0.2, 0.25) is 11.8 Å². The number of likely N-dealkylation sites (N-methyl/N-ethyl adjacent to an activating group) is 1. The van der Waals surface area contributed by atoms with Crippen LogP contribution >= 0.6 is 0 Å². The number of nitrogens with one attached hydrogen (secondary N) is 1. The van der Waals surface area contributed by atoms with Crippen LogP contribution in [0.25, 0.3) is 0 Å². The lowest BCUT2D eigenvalue weighted by Crippen LogP contribution is -2.41. The number of rotatable bonds is 4. The fourth-order valence-electron chi connectivity index (χ4n) is 3.74. The number of halogens is 3. The number of alkyl halides is 3. The van der Waals surface area contributed by atoms with E-state index in [4.69, 9.17) is 5.26 Å². The number of amides is 2. The minimum Gasteiger partial charge on any atom is -0.353 e. The molecule has 0 aliphatic carbocycles. The average molecular weight is 427 g/mol. The van der Waals surface area contributed by atoms with Gasteiger partial charge >= 0.3 is 6.18 Å². The van der Waals surface area contributed by atoms with Crippen LogP contribution in [0.1, 0.15) is 42.9 Å². The molecule has 3 rings (SSSR count). The maximum atomic E-state index is 13.2. The van der Waals surface area contributed by atoms with Crippen molar-refractivity contribution in [2.24, 2.45) is 0 Å². The summed E-state index contributed by atoms with van der Waals surface area (Å²) in [5.74, 6) is -1.38. The number of nitrogens with zero attached hydrogens (tertiary/aromatic N) is 2. The third kappa shape index (κ3) is 4.45. The lowest BCUT2D eigenvalue weighted by molar-refractivity contribution is -0.137. The Morgan fingerprint density at radius 1 is 1.23 bits per heavy atom. The topological polar surface area (TPSA) is 73.2 Å². The molecule has 2 aromatic carbocycles. The van der Waals surface area contributed by atoms with Crippen molar-refractivity contribution in [1.82, 2.24) is 5.32 Å². The fourth-order valence-corrected chi connectivity index (χ4v) is 3.74. The molecular weight excluding hydrogens is 407 g/mol. The molecule has 1 aliphatic rings. The number of carbonyl (C=O) groups is 2. The predicted molar refractivity (Wildman–Crippen MR) is 109 cm³/mol. The highest BCUT2D eigenvalue weighted by molar-refractivity contribution is 6.05. The first-order valence-electron chi connectivity index (χ1n) is 9.66. The van der Waals surface area contributed by atoms with E-state index in [2.05, 4.69) is 5.32 Å². The highest BCUT2D eigenvalue weighted by Gasteiger charge is 2.38. The zero-order valence-electron chi connectivity index (χ0n) is 17.0. The third-order valence-corrected chi connectivity index (χ3v) is 5.16. The number of hydrogen-bond acceptors (Lipinski definition) is 3. The zero-order chi connectivity index (χ0) is 22.8. The Balaban J connectivity index is 2.13. The monoisotopic (exact) mass is 427 g/mol. The highest BCUT2D eigenvalue weighted by atomic mass is 19.4. The highest BCUT2D eigenvalue weighted by Crippen LogP contribution is 2.40. The van der Waals surface area contributed by atoms with Crippen LogP contribution < -0.4 is 10.2 Å². The zero-order valence-corrected chi connectivity index (χ0v) is 17.0. The summed E-state index contributed by atoms with van der Waals surface area (Å²) >= 11 is 0. The van der Waals surface area contributed by atoms with Crippen LogP contribution in [0.15, 0.2) is 59.8 Å². The summed E-state index contributed by atoms with van der Waals surface area (Å²) in [4.78, 5) is 27.1. The molecule has 8 heteroatoms. The molecule has 1 unspecified atom stereocenters. The van der Waals surface area contributed by atoms with Gasteiger partial charge in [-0.1, -0.05) is 18.2 Å².